The Morgan fingerprint density at radius 2 is 2.15 bits per heavy atom. The number of rotatable bonds is 4. The van der Waals surface area contributed by atoms with Gasteiger partial charge in [-0.05, 0) is 31.2 Å². The Morgan fingerprint density at radius 1 is 1.30 bits per heavy atom. The van der Waals surface area contributed by atoms with Gasteiger partial charge in [0.05, 0.1) is 17.8 Å². The third kappa shape index (κ3) is 2.30. The zero-order valence-corrected chi connectivity index (χ0v) is 11.2. The third-order valence-corrected chi connectivity index (χ3v) is 3.09. The van der Waals surface area contributed by atoms with Crippen LogP contribution in [0.2, 0.25) is 0 Å². The topological polar surface area (TPSA) is 60.1 Å². The molecule has 5 nitrogen and oxygen atoms in total. The minimum atomic E-state index is -0.359. The molecule has 0 saturated heterocycles. The second-order valence-corrected chi connectivity index (χ2v) is 4.49. The summed E-state index contributed by atoms with van der Waals surface area (Å²) >= 11 is 0. The van der Waals surface area contributed by atoms with E-state index in [2.05, 4.69) is 10.3 Å². The summed E-state index contributed by atoms with van der Waals surface area (Å²) in [6, 6.07) is 11.2. The minimum absolute atomic E-state index is 0.359. The average Bonchev–Trinajstić information content (AvgIpc) is 2.76. The van der Waals surface area contributed by atoms with Crippen LogP contribution < -0.4 is 11.1 Å². The van der Waals surface area contributed by atoms with E-state index in [9.17, 15) is 4.79 Å². The van der Waals surface area contributed by atoms with Gasteiger partial charge in [0.1, 0.15) is 0 Å². The van der Waals surface area contributed by atoms with Crippen molar-refractivity contribution >= 4 is 16.8 Å². The molecule has 0 aliphatic heterocycles. The van der Waals surface area contributed by atoms with E-state index >= 15 is 0 Å². The number of para-hydroxylation sites is 2. The zero-order chi connectivity index (χ0) is 13.9. The van der Waals surface area contributed by atoms with Gasteiger partial charge in [-0.25, -0.2) is 4.79 Å². The van der Waals surface area contributed by atoms with E-state index in [-0.39, 0.29) is 5.76 Å². The molecule has 0 aliphatic carbocycles. The lowest BCUT2D eigenvalue weighted by Crippen LogP contribution is -2.15. The normalized spacial score (nSPS) is 10.8. The second kappa shape index (κ2) is 5.21. The van der Waals surface area contributed by atoms with E-state index in [1.54, 1.807) is 16.8 Å². The number of oxazole rings is 1. The summed E-state index contributed by atoms with van der Waals surface area (Å²) in [7, 11) is 0. The van der Waals surface area contributed by atoms with Crippen LogP contribution in [0.15, 0.2) is 51.8 Å². The molecule has 0 bridgehead atoms. The van der Waals surface area contributed by atoms with Gasteiger partial charge in [0.25, 0.3) is 0 Å². The van der Waals surface area contributed by atoms with E-state index in [0.717, 1.165) is 23.4 Å². The molecule has 102 valence electrons. The van der Waals surface area contributed by atoms with E-state index in [4.69, 9.17) is 4.42 Å². The highest BCUT2D eigenvalue weighted by Crippen LogP contribution is 2.14. The molecular formula is C15H15N3O2. The molecule has 0 amide bonds. The van der Waals surface area contributed by atoms with Crippen LogP contribution in [0.1, 0.15) is 12.6 Å². The molecule has 2 aromatic heterocycles. The van der Waals surface area contributed by atoms with Crippen molar-refractivity contribution < 1.29 is 4.42 Å². The van der Waals surface area contributed by atoms with Gasteiger partial charge in [-0.1, -0.05) is 12.1 Å². The van der Waals surface area contributed by atoms with Crippen LogP contribution in [0.4, 0.5) is 5.69 Å². The molecule has 2 heterocycles. The molecule has 0 fully saturated rings. The van der Waals surface area contributed by atoms with Crippen LogP contribution >= 0.6 is 0 Å². The number of benzene rings is 1. The van der Waals surface area contributed by atoms with E-state index in [1.807, 2.05) is 37.3 Å². The smallest absolute Gasteiger partial charge is 0.408 e. The molecule has 1 aromatic carbocycles. The van der Waals surface area contributed by atoms with E-state index < -0.39 is 0 Å². The van der Waals surface area contributed by atoms with Crippen LogP contribution in [0.25, 0.3) is 11.1 Å². The van der Waals surface area contributed by atoms with Crippen LogP contribution in [0.3, 0.4) is 0 Å². The molecule has 0 radical (unpaired) electrons. The first-order chi connectivity index (χ1) is 9.78. The Bertz CT molecular complexity index is 789. The van der Waals surface area contributed by atoms with Crippen LogP contribution in [0.5, 0.6) is 0 Å². The van der Waals surface area contributed by atoms with E-state index in [0.29, 0.717) is 12.1 Å². The highest BCUT2D eigenvalue weighted by atomic mass is 16.4. The number of aromatic nitrogens is 2. The quantitative estimate of drug-likeness (QED) is 0.790. The molecule has 20 heavy (non-hydrogen) atoms. The van der Waals surface area contributed by atoms with Gasteiger partial charge >= 0.3 is 5.76 Å². The first-order valence-electron chi connectivity index (χ1n) is 6.55. The first-order valence-corrected chi connectivity index (χ1v) is 6.55. The maximum atomic E-state index is 11.9. The fraction of sp³-hybridized carbons (Fsp3) is 0.200. The van der Waals surface area contributed by atoms with Crippen molar-refractivity contribution in [3.05, 3.63) is 58.8 Å². The molecule has 3 rings (SSSR count). The monoisotopic (exact) mass is 269 g/mol. The number of hydrogen-bond acceptors (Lipinski definition) is 4. The fourth-order valence-electron chi connectivity index (χ4n) is 2.20. The Kier molecular flexibility index (Phi) is 3.25. The summed E-state index contributed by atoms with van der Waals surface area (Å²) in [5.74, 6) is -0.359. The standard InChI is InChI=1S/C15H15N3O2/c1-2-16-11-7-8-17-12(9-11)10-18-13-5-3-4-6-14(13)20-15(18)19/h3-9H,2,10H2,1H3,(H,16,17). The predicted octanol–water partition coefficient (Wildman–Crippen LogP) is 2.47. The number of hydrogen-bond donors (Lipinski definition) is 1. The fourth-order valence-corrected chi connectivity index (χ4v) is 2.20. The minimum Gasteiger partial charge on any atom is -0.408 e. The largest absolute Gasteiger partial charge is 0.420 e. The zero-order valence-electron chi connectivity index (χ0n) is 11.2. The highest BCUT2D eigenvalue weighted by Gasteiger charge is 2.09. The summed E-state index contributed by atoms with van der Waals surface area (Å²) in [4.78, 5) is 16.2. The Labute approximate surface area is 115 Å². The van der Waals surface area contributed by atoms with Crippen molar-refractivity contribution in [2.75, 3.05) is 11.9 Å². The van der Waals surface area contributed by atoms with Crippen molar-refractivity contribution in [2.45, 2.75) is 13.5 Å². The average molecular weight is 269 g/mol. The van der Waals surface area contributed by atoms with Gasteiger partial charge in [0.2, 0.25) is 0 Å². The molecule has 0 unspecified atom stereocenters. The van der Waals surface area contributed by atoms with Crippen molar-refractivity contribution in [1.29, 1.82) is 0 Å². The molecule has 0 atom stereocenters. The predicted molar refractivity (Wildman–Crippen MR) is 78.0 cm³/mol. The van der Waals surface area contributed by atoms with Gasteiger partial charge in [0, 0.05) is 18.4 Å². The molecular weight excluding hydrogens is 254 g/mol. The summed E-state index contributed by atoms with van der Waals surface area (Å²) in [6.07, 6.45) is 1.74. The van der Waals surface area contributed by atoms with Crippen molar-refractivity contribution in [2.24, 2.45) is 0 Å². The summed E-state index contributed by atoms with van der Waals surface area (Å²) in [6.45, 7) is 3.28. The van der Waals surface area contributed by atoms with Gasteiger partial charge in [-0.3, -0.25) is 9.55 Å². The lowest BCUT2D eigenvalue weighted by Gasteiger charge is -2.06. The van der Waals surface area contributed by atoms with Gasteiger partial charge < -0.3 is 9.73 Å². The summed E-state index contributed by atoms with van der Waals surface area (Å²) in [5, 5.41) is 3.23. The number of nitrogens with one attached hydrogen (secondary N) is 1. The number of fused-ring (bicyclic) bond motifs is 1. The molecule has 5 heteroatoms. The summed E-state index contributed by atoms with van der Waals surface area (Å²) < 4.78 is 6.80. The van der Waals surface area contributed by atoms with E-state index in [1.165, 1.54) is 0 Å². The Morgan fingerprint density at radius 3 is 3.00 bits per heavy atom. The lowest BCUT2D eigenvalue weighted by atomic mass is 10.3. The van der Waals surface area contributed by atoms with Crippen molar-refractivity contribution in [3.63, 3.8) is 0 Å². The first kappa shape index (κ1) is 12.5. The van der Waals surface area contributed by atoms with Crippen LogP contribution in [-0.2, 0) is 6.54 Å². The number of anilines is 1. The van der Waals surface area contributed by atoms with Crippen LogP contribution in [-0.4, -0.2) is 16.1 Å². The van der Waals surface area contributed by atoms with Crippen molar-refractivity contribution in [3.8, 4) is 0 Å². The summed E-state index contributed by atoms with van der Waals surface area (Å²) in [5.41, 5.74) is 3.20. The third-order valence-electron chi connectivity index (χ3n) is 3.09. The maximum absolute atomic E-state index is 11.9. The lowest BCUT2D eigenvalue weighted by molar-refractivity contribution is 0.516. The van der Waals surface area contributed by atoms with Crippen molar-refractivity contribution in [1.82, 2.24) is 9.55 Å². The molecule has 0 saturated carbocycles. The van der Waals surface area contributed by atoms with Crippen LogP contribution in [0, 0.1) is 0 Å². The molecule has 0 spiro atoms. The maximum Gasteiger partial charge on any atom is 0.420 e. The van der Waals surface area contributed by atoms with Gasteiger partial charge in [-0.15, -0.1) is 0 Å². The van der Waals surface area contributed by atoms with Gasteiger partial charge in [0.15, 0.2) is 5.58 Å². The number of pyridine rings is 1. The highest BCUT2D eigenvalue weighted by molar-refractivity contribution is 5.72. The molecule has 3 aromatic rings. The second-order valence-electron chi connectivity index (χ2n) is 4.49. The molecule has 0 aliphatic rings. The molecule has 1 N–H and O–H groups in total. The Hall–Kier alpha value is -2.56. The van der Waals surface area contributed by atoms with Gasteiger partial charge in [-0.2, -0.15) is 0 Å². The Balaban J connectivity index is 1.99. The number of nitrogens with zero attached hydrogens (tertiary/aromatic N) is 2. The SMILES string of the molecule is CCNc1ccnc(Cn2c(=O)oc3ccccc32)c1.